The van der Waals surface area contributed by atoms with Gasteiger partial charge in [-0.3, -0.25) is 4.90 Å². The summed E-state index contributed by atoms with van der Waals surface area (Å²) < 4.78 is 4.95. The lowest BCUT2D eigenvalue weighted by Gasteiger charge is -2.37. The second kappa shape index (κ2) is 3.25. The van der Waals surface area contributed by atoms with E-state index >= 15 is 0 Å². The van der Waals surface area contributed by atoms with E-state index in [0.717, 1.165) is 25.4 Å². The predicted octanol–water partition coefficient (Wildman–Crippen LogP) is 0.0987. The standard InChI is InChI=1S/C8H12N2O2/c11-6-7-3-10(4-7)5-8-1-2-9-12-8/h1-2,7,11H,3-6H2. The molecule has 0 spiro atoms. The van der Waals surface area contributed by atoms with Crippen molar-refractivity contribution >= 4 is 0 Å². The smallest absolute Gasteiger partial charge is 0.150 e. The molecule has 1 aromatic rings. The molecule has 0 amide bonds. The molecular weight excluding hydrogens is 156 g/mol. The second-order valence-electron chi connectivity index (χ2n) is 3.22. The molecule has 0 radical (unpaired) electrons. The van der Waals surface area contributed by atoms with Crippen LogP contribution in [0.25, 0.3) is 0 Å². The highest BCUT2D eigenvalue weighted by atomic mass is 16.5. The highest BCUT2D eigenvalue weighted by Gasteiger charge is 2.26. The van der Waals surface area contributed by atoms with Crippen molar-refractivity contribution < 1.29 is 9.63 Å². The molecule has 0 aliphatic carbocycles. The molecule has 0 aromatic carbocycles. The maximum Gasteiger partial charge on any atom is 0.150 e. The fourth-order valence-corrected chi connectivity index (χ4v) is 1.47. The Morgan fingerprint density at radius 1 is 1.67 bits per heavy atom. The van der Waals surface area contributed by atoms with Crippen LogP contribution in [0.2, 0.25) is 0 Å². The lowest BCUT2D eigenvalue weighted by Crippen LogP contribution is -2.47. The minimum atomic E-state index is 0.299. The van der Waals surface area contributed by atoms with Crippen molar-refractivity contribution in [2.45, 2.75) is 6.54 Å². The number of aliphatic hydroxyl groups is 1. The summed E-state index contributed by atoms with van der Waals surface area (Å²) in [6, 6.07) is 1.87. The van der Waals surface area contributed by atoms with Crippen LogP contribution in [0.1, 0.15) is 5.76 Å². The summed E-state index contributed by atoms with van der Waals surface area (Å²) in [7, 11) is 0. The van der Waals surface area contributed by atoms with Gasteiger partial charge in [0.15, 0.2) is 5.76 Å². The molecule has 1 aliphatic heterocycles. The molecule has 1 aromatic heterocycles. The molecule has 1 aliphatic rings. The lowest BCUT2D eigenvalue weighted by atomic mass is 10.0. The topological polar surface area (TPSA) is 49.5 Å². The predicted molar refractivity (Wildman–Crippen MR) is 42.4 cm³/mol. The molecule has 1 saturated heterocycles. The maximum atomic E-state index is 8.77. The fourth-order valence-electron chi connectivity index (χ4n) is 1.47. The van der Waals surface area contributed by atoms with Crippen LogP contribution in [0.15, 0.2) is 16.8 Å². The van der Waals surface area contributed by atoms with E-state index in [1.807, 2.05) is 6.07 Å². The van der Waals surface area contributed by atoms with Gasteiger partial charge in [-0.05, 0) is 0 Å². The van der Waals surface area contributed by atoms with Crippen molar-refractivity contribution in [2.24, 2.45) is 5.92 Å². The maximum absolute atomic E-state index is 8.77. The van der Waals surface area contributed by atoms with Gasteiger partial charge in [0, 0.05) is 31.7 Å². The summed E-state index contributed by atoms with van der Waals surface area (Å²) in [6.45, 7) is 3.05. The molecule has 0 unspecified atom stereocenters. The van der Waals surface area contributed by atoms with Crippen molar-refractivity contribution in [3.8, 4) is 0 Å². The minimum Gasteiger partial charge on any atom is -0.396 e. The average molecular weight is 168 g/mol. The average Bonchev–Trinajstić information content (AvgIpc) is 2.47. The first-order chi connectivity index (χ1) is 5.88. The van der Waals surface area contributed by atoms with Crippen molar-refractivity contribution in [2.75, 3.05) is 19.7 Å². The first-order valence-corrected chi connectivity index (χ1v) is 4.11. The number of aliphatic hydroxyl groups excluding tert-OH is 1. The van der Waals surface area contributed by atoms with Crippen molar-refractivity contribution in [3.63, 3.8) is 0 Å². The van der Waals surface area contributed by atoms with Crippen molar-refractivity contribution in [1.29, 1.82) is 0 Å². The summed E-state index contributed by atoms with van der Waals surface area (Å²) in [4.78, 5) is 2.22. The molecule has 4 heteroatoms. The van der Waals surface area contributed by atoms with Crippen LogP contribution in [-0.4, -0.2) is 34.9 Å². The van der Waals surface area contributed by atoms with E-state index < -0.39 is 0 Å². The van der Waals surface area contributed by atoms with Crippen LogP contribution in [0.3, 0.4) is 0 Å². The van der Waals surface area contributed by atoms with Gasteiger partial charge in [-0.25, -0.2) is 0 Å². The molecule has 1 N–H and O–H groups in total. The van der Waals surface area contributed by atoms with Gasteiger partial charge in [0.25, 0.3) is 0 Å². The van der Waals surface area contributed by atoms with Gasteiger partial charge in [0.1, 0.15) is 0 Å². The number of hydrogen-bond acceptors (Lipinski definition) is 4. The lowest BCUT2D eigenvalue weighted by molar-refractivity contribution is 0.0415. The Balaban J connectivity index is 1.77. The van der Waals surface area contributed by atoms with Gasteiger partial charge in [-0.1, -0.05) is 5.16 Å². The molecule has 2 heterocycles. The summed E-state index contributed by atoms with van der Waals surface area (Å²) >= 11 is 0. The normalized spacial score (nSPS) is 19.4. The van der Waals surface area contributed by atoms with E-state index in [9.17, 15) is 0 Å². The van der Waals surface area contributed by atoms with E-state index in [1.165, 1.54) is 0 Å². The van der Waals surface area contributed by atoms with Gasteiger partial charge in [0.05, 0.1) is 12.7 Å². The monoisotopic (exact) mass is 168 g/mol. The minimum absolute atomic E-state index is 0.299. The third kappa shape index (κ3) is 1.49. The highest BCUT2D eigenvalue weighted by molar-refractivity contribution is 4.94. The van der Waals surface area contributed by atoms with E-state index in [4.69, 9.17) is 9.63 Å². The van der Waals surface area contributed by atoms with Crippen LogP contribution < -0.4 is 0 Å². The van der Waals surface area contributed by atoms with Crippen LogP contribution in [0.4, 0.5) is 0 Å². The molecule has 0 saturated carbocycles. The quantitative estimate of drug-likeness (QED) is 0.695. The molecule has 0 atom stereocenters. The van der Waals surface area contributed by atoms with Crippen LogP contribution in [-0.2, 0) is 6.54 Å². The van der Waals surface area contributed by atoms with Crippen molar-refractivity contribution in [1.82, 2.24) is 10.1 Å². The van der Waals surface area contributed by atoms with E-state index in [0.29, 0.717) is 12.5 Å². The first kappa shape index (κ1) is 7.76. The molecule has 12 heavy (non-hydrogen) atoms. The van der Waals surface area contributed by atoms with Crippen LogP contribution in [0, 0.1) is 5.92 Å². The van der Waals surface area contributed by atoms with Crippen LogP contribution >= 0.6 is 0 Å². The van der Waals surface area contributed by atoms with Crippen molar-refractivity contribution in [3.05, 3.63) is 18.0 Å². The molecule has 2 rings (SSSR count). The molecule has 4 nitrogen and oxygen atoms in total. The Morgan fingerprint density at radius 3 is 3.08 bits per heavy atom. The number of aromatic nitrogens is 1. The van der Waals surface area contributed by atoms with Crippen LogP contribution in [0.5, 0.6) is 0 Å². The zero-order valence-corrected chi connectivity index (χ0v) is 6.81. The summed E-state index contributed by atoms with van der Waals surface area (Å²) in [5.74, 6) is 1.36. The summed E-state index contributed by atoms with van der Waals surface area (Å²) in [5.41, 5.74) is 0. The van der Waals surface area contributed by atoms with Gasteiger partial charge >= 0.3 is 0 Å². The fraction of sp³-hybridized carbons (Fsp3) is 0.625. The largest absolute Gasteiger partial charge is 0.396 e. The Bertz CT molecular complexity index is 229. The van der Waals surface area contributed by atoms with Gasteiger partial charge in [-0.15, -0.1) is 0 Å². The third-order valence-electron chi connectivity index (χ3n) is 2.16. The Kier molecular flexibility index (Phi) is 2.10. The molecule has 0 bridgehead atoms. The van der Waals surface area contributed by atoms with E-state index in [1.54, 1.807) is 6.20 Å². The highest BCUT2D eigenvalue weighted by Crippen LogP contribution is 2.17. The first-order valence-electron chi connectivity index (χ1n) is 4.11. The molecule has 1 fully saturated rings. The number of hydrogen-bond donors (Lipinski definition) is 1. The second-order valence-corrected chi connectivity index (χ2v) is 3.22. The van der Waals surface area contributed by atoms with E-state index in [-0.39, 0.29) is 0 Å². The Hall–Kier alpha value is -0.870. The van der Waals surface area contributed by atoms with Gasteiger partial charge < -0.3 is 9.63 Å². The zero-order chi connectivity index (χ0) is 8.39. The Labute approximate surface area is 70.8 Å². The molecular formula is C8H12N2O2. The molecule has 66 valence electrons. The number of rotatable bonds is 3. The van der Waals surface area contributed by atoms with Gasteiger partial charge in [0.2, 0.25) is 0 Å². The number of nitrogens with zero attached hydrogens (tertiary/aromatic N) is 2. The summed E-state index contributed by atoms with van der Waals surface area (Å²) in [6.07, 6.45) is 1.65. The van der Waals surface area contributed by atoms with E-state index in [2.05, 4.69) is 10.1 Å². The third-order valence-corrected chi connectivity index (χ3v) is 2.16. The zero-order valence-electron chi connectivity index (χ0n) is 6.81. The van der Waals surface area contributed by atoms with Gasteiger partial charge in [-0.2, -0.15) is 0 Å². The summed E-state index contributed by atoms with van der Waals surface area (Å²) in [5, 5.41) is 12.4. The Morgan fingerprint density at radius 2 is 2.50 bits per heavy atom. The SMILES string of the molecule is OCC1CN(Cc2ccno2)C1. The number of likely N-dealkylation sites (tertiary alicyclic amines) is 1.